The molecule has 732 valence electrons. The Labute approximate surface area is 794 Å². The molecule has 6 fully saturated rings. The van der Waals surface area contributed by atoms with E-state index in [0.717, 1.165) is 104 Å². The molecule has 45 heteroatoms. The summed E-state index contributed by atoms with van der Waals surface area (Å²) in [5.74, 6) is -16.7. The number of halogens is 2. The largest absolute Gasteiger partial charge is 0.508 e. The number of benzene rings is 7. The van der Waals surface area contributed by atoms with Gasteiger partial charge in [-0.05, 0) is 211 Å². The maximum Gasteiger partial charge on any atom is 0.410 e. The van der Waals surface area contributed by atoms with Crippen molar-refractivity contribution in [3.8, 4) is 45.6 Å². The lowest BCUT2D eigenvalue weighted by Crippen LogP contribution is -2.66. The van der Waals surface area contributed by atoms with Gasteiger partial charge in [0.15, 0.2) is 23.9 Å². The summed E-state index contributed by atoms with van der Waals surface area (Å²) in [4.78, 5) is 175. The average molecular weight is 1950 g/mol. The van der Waals surface area contributed by atoms with E-state index in [9.17, 15) is 80.6 Å². The van der Waals surface area contributed by atoms with E-state index in [0.29, 0.717) is 23.0 Å². The number of hydrogen-bond acceptors (Lipinski definition) is 31. The number of primary amides is 1. The van der Waals surface area contributed by atoms with E-state index in [-0.39, 0.29) is 68.6 Å². The van der Waals surface area contributed by atoms with E-state index in [2.05, 4.69) is 42.5 Å². The minimum atomic E-state index is -3.03. The number of phenols is 1. The highest BCUT2D eigenvalue weighted by atomic mass is 35.5. The Morgan fingerprint density at radius 2 is 1.22 bits per heavy atom. The molecule has 138 heavy (non-hydrogen) atoms. The Bertz CT molecular complexity index is 5970. The van der Waals surface area contributed by atoms with Crippen molar-refractivity contribution in [3.05, 3.63) is 208 Å². The number of nitro groups is 2. The van der Waals surface area contributed by atoms with Gasteiger partial charge in [0.1, 0.15) is 109 Å². The average Bonchev–Trinajstić information content (AvgIpc) is 1.56. The van der Waals surface area contributed by atoms with Gasteiger partial charge >= 0.3 is 12.2 Å². The fraction of sp³-hybridized carbons (Fsp3) is 0.441. The van der Waals surface area contributed by atoms with Crippen molar-refractivity contribution in [2.24, 2.45) is 35.3 Å². The van der Waals surface area contributed by atoms with Crippen LogP contribution < -0.4 is 62.5 Å². The number of alkyl carbamates (subject to hydrolysis) is 1. The number of carbonyl (C=O) groups is 10. The standard InChI is InChI=1S/C93H100Cl2N12O31/c1-38(2)20-60(105(5)91(124)132-37-41-8-15-51(16-9-41)107(129)130)83(117)102-73-75(111)45-11-18-61(57(94)27-45)134-63-29-49-30-64(79(63)138-89-80(78(114)77(113)65(35-108)136-89)137-67-34-92(4,81(115)39(3)133-67)104-90(123)131-36-40-6-13-50(14-7-40)106(127)128)135-62-19-12-46(28-58(62)95)76(112)74-88(122)101-72(86(120)98-69-47-22-42-21-43(24-47)25-48(69)23-42)54-31-52(109)32-56-68(54)53-26-44(10-17-55(53)93(56,125)126)70(84(118)103-74)100-85(119)71(49)99-82(116)59(33-66(96)110)97-87(73)121/h6-19,26-32,38-39,42-43,47-48,59-60,65,67,69-78,80-81,89,108-109,111-115,125-126H,20-25,33-37H2,1-5H3,(H2,96,110)(H,97,121)(H,98,120)(H,99,116)(H,100,119)(H,101,122)(H,102,117)(H,103,118)(H,104,123)/t39-,42?,43?,47?,48?,59-,60+,65+,67-,69?,70+,71+,72-,73+,74-,75+,76+,77+,78-,80+,81+,89-,92-/m0/s1. The normalized spacial score (nSPS) is 29.0. The topological polar surface area (TPSA) is 638 Å². The Morgan fingerprint density at radius 3 is 1.80 bits per heavy atom. The lowest BCUT2D eigenvalue weighted by atomic mass is 9.54. The number of rotatable bonds is 21. The Hall–Kier alpha value is -13.0. The van der Waals surface area contributed by atoms with E-state index in [4.69, 9.17) is 66.8 Å². The van der Waals surface area contributed by atoms with Crippen molar-refractivity contribution < 1.29 is 142 Å². The molecule has 0 spiro atoms. The van der Waals surface area contributed by atoms with E-state index in [1.807, 2.05) is 0 Å². The molecule has 12 aliphatic rings. The highest BCUT2D eigenvalue weighted by Gasteiger charge is 2.55. The first-order valence-corrected chi connectivity index (χ1v) is 45.2. The summed E-state index contributed by atoms with van der Waals surface area (Å²) in [6.45, 7) is 4.19. The van der Waals surface area contributed by atoms with Gasteiger partial charge in [0.25, 0.3) is 11.4 Å². The zero-order valence-electron chi connectivity index (χ0n) is 74.4. The highest BCUT2D eigenvalue weighted by Crippen LogP contribution is 2.56. The molecule has 7 aromatic carbocycles. The van der Waals surface area contributed by atoms with Gasteiger partial charge in [0.2, 0.25) is 65.1 Å². The van der Waals surface area contributed by atoms with Gasteiger partial charge in [-0.25, -0.2) is 9.59 Å². The Morgan fingerprint density at radius 1 is 0.645 bits per heavy atom. The van der Waals surface area contributed by atoms with Crippen LogP contribution in [0.1, 0.15) is 159 Å². The molecule has 0 unspecified atom stereocenters. The van der Waals surface area contributed by atoms with Crippen molar-refractivity contribution in [2.75, 3.05) is 13.7 Å². The molecule has 7 aliphatic heterocycles. The molecule has 0 radical (unpaired) electrons. The predicted octanol–water partition coefficient (Wildman–Crippen LogP) is 4.88. The third kappa shape index (κ3) is 20.1. The molecule has 10 amide bonds. The summed E-state index contributed by atoms with van der Waals surface area (Å²) in [7, 11) is 1.18. The molecule has 18 atom stereocenters. The van der Waals surface area contributed by atoms with Crippen LogP contribution in [0.4, 0.5) is 21.0 Å². The number of non-ortho nitro benzene ring substituents is 2. The molecule has 19 rings (SSSR count). The quantitative estimate of drug-likeness (QED) is 0.0259. The Kier molecular flexibility index (Phi) is 28.0. The molecule has 19 N–H and O–H groups in total. The third-order valence-corrected chi connectivity index (χ3v) is 27.5. The number of aromatic hydroxyl groups is 1. The van der Waals surface area contributed by atoms with Crippen LogP contribution in [0.25, 0.3) is 11.1 Å². The Balaban J connectivity index is 0.835. The molecule has 15 bridgehead atoms. The highest BCUT2D eigenvalue weighted by molar-refractivity contribution is 6.32. The number of ether oxygens (including phenoxy) is 8. The van der Waals surface area contributed by atoms with Gasteiger partial charge in [0, 0.05) is 54.9 Å². The first-order chi connectivity index (χ1) is 65.5. The number of nitrogens with zero attached hydrogens (tertiary/aromatic N) is 3. The van der Waals surface area contributed by atoms with Crippen molar-refractivity contribution in [3.63, 3.8) is 0 Å². The van der Waals surface area contributed by atoms with E-state index in [1.165, 1.54) is 81.6 Å². The van der Waals surface area contributed by atoms with Crippen molar-refractivity contribution in [1.29, 1.82) is 0 Å². The lowest BCUT2D eigenvalue weighted by molar-refractivity contribution is -0.385. The summed E-state index contributed by atoms with van der Waals surface area (Å²) in [6.07, 6.45) is -19.3. The SMILES string of the molecule is CC(C)C[C@H](C(=O)N[C@H]1C(=O)N[C@@H](CC(N)=O)C(=O)N[C@H]2C(=O)N[C@H]3C(=O)N[C@H](C(=O)N[C@H](C(=O)NC4C5CC6CC(C5)CC4C6)c4cc(O)cc5c4-c4cc3ccc4C5(O)O)[C@H](O)c3ccc(c(Cl)c3)Oc3cc2cc(c3O[C@@H]2O[C@H](CO)[C@@H](O)[C@H](O)[C@H]2O[C@H]2C[C@](C)(NC(=O)OCc3ccc([N+](=O)[O-])cc3)[C@H](O)[C@H](C)O2)Oc2ccc(cc2Cl)[C@H]1O)N(C)C(=O)OCc1ccc([N+](=O)[O-])cc1. The number of phenolic OH excluding ortho intramolecular Hbond substituents is 1. The van der Waals surface area contributed by atoms with Crippen LogP contribution in [0.3, 0.4) is 0 Å². The second kappa shape index (κ2) is 39.5. The first kappa shape index (κ1) is 98.0. The molecule has 4 saturated carbocycles. The van der Waals surface area contributed by atoms with Crippen LogP contribution in [-0.4, -0.2) is 219 Å². The second-order valence-corrected chi connectivity index (χ2v) is 37.7. The van der Waals surface area contributed by atoms with Gasteiger partial charge in [-0.15, -0.1) is 0 Å². The fourth-order valence-corrected chi connectivity index (χ4v) is 20.5. The molecule has 2 saturated heterocycles. The van der Waals surface area contributed by atoms with Gasteiger partial charge in [-0.3, -0.25) is 63.5 Å². The number of nitro benzene ring substituents is 2. The smallest absolute Gasteiger partial charge is 0.410 e. The van der Waals surface area contributed by atoms with Crippen molar-refractivity contribution in [2.45, 2.75) is 213 Å². The van der Waals surface area contributed by atoms with E-state index < -0.39 is 285 Å². The number of aliphatic hydroxyl groups is 8. The number of fused-ring (bicyclic) bond motifs is 12. The monoisotopic (exact) mass is 1950 g/mol. The van der Waals surface area contributed by atoms with Gasteiger partial charge in [-0.1, -0.05) is 61.3 Å². The molecule has 0 aromatic heterocycles. The van der Waals surface area contributed by atoms with Gasteiger partial charge < -0.3 is 132 Å². The summed E-state index contributed by atoms with van der Waals surface area (Å²) in [5, 5.41) is 152. The maximum atomic E-state index is 16.7. The van der Waals surface area contributed by atoms with Crippen molar-refractivity contribution in [1.82, 2.24) is 47.4 Å². The zero-order valence-corrected chi connectivity index (χ0v) is 75.9. The number of likely N-dealkylation sites (N-methyl/N-ethyl adjacent to an activating group) is 1. The first-order valence-electron chi connectivity index (χ1n) is 44.5. The number of nitrogens with two attached hydrogens (primary N) is 1. The lowest BCUT2D eigenvalue weighted by Gasteiger charge is -2.54. The summed E-state index contributed by atoms with van der Waals surface area (Å²) >= 11 is 14.6. The van der Waals surface area contributed by atoms with Crippen LogP contribution in [0, 0.1) is 49.8 Å². The number of amides is 10. The number of carbonyl (C=O) groups excluding carboxylic acids is 10. The van der Waals surface area contributed by atoms with Crippen LogP contribution in [0.15, 0.2) is 127 Å². The van der Waals surface area contributed by atoms with Gasteiger partial charge in [0.05, 0.1) is 44.6 Å². The van der Waals surface area contributed by atoms with Gasteiger partial charge in [-0.2, -0.15) is 0 Å². The van der Waals surface area contributed by atoms with Crippen LogP contribution in [0.2, 0.25) is 10.0 Å². The minimum Gasteiger partial charge on any atom is -0.508 e. The molecular formula is C93H100Cl2N12O31. The minimum absolute atomic E-state index is 0.0355. The maximum absolute atomic E-state index is 16.7. The second-order valence-electron chi connectivity index (χ2n) is 36.9. The van der Waals surface area contributed by atoms with Crippen LogP contribution in [0.5, 0.6) is 34.5 Å². The summed E-state index contributed by atoms with van der Waals surface area (Å²) in [5.41, 5.74) is 1.59. The zero-order chi connectivity index (χ0) is 98.9. The molecular weight excluding hydrogens is 1850 g/mol. The fourth-order valence-electron chi connectivity index (χ4n) is 20.0. The number of aliphatic hydroxyl groups excluding tert-OH is 6. The summed E-state index contributed by atoms with van der Waals surface area (Å²) < 4.78 is 50.4. The number of nitrogens with one attached hydrogen (secondary N) is 8. The molecule has 7 heterocycles. The third-order valence-electron chi connectivity index (χ3n) is 26.9. The van der Waals surface area contributed by atoms with E-state index in [1.54, 1.807) is 13.8 Å². The van der Waals surface area contributed by atoms with E-state index >= 15 is 33.6 Å². The molecule has 5 aliphatic carbocycles. The van der Waals surface area contributed by atoms with Crippen LogP contribution in [-0.2, 0) is 81.0 Å². The summed E-state index contributed by atoms with van der Waals surface area (Å²) in [6, 6.07) is 8.98. The molecule has 43 nitrogen and oxygen atoms in total. The van der Waals surface area contributed by atoms with Crippen molar-refractivity contribution >= 4 is 94.0 Å². The molecule has 7 aromatic rings. The number of hydrogen-bond donors (Lipinski definition) is 18. The predicted molar refractivity (Wildman–Crippen MR) is 477 cm³/mol. The van der Waals surface area contributed by atoms with Crippen LogP contribution >= 0.6 is 23.2 Å².